The number of hydrogen-bond donors (Lipinski definition) is 0. The van der Waals surface area contributed by atoms with Gasteiger partial charge in [0, 0.05) is 6.42 Å². The van der Waals surface area contributed by atoms with Crippen LogP contribution in [0.4, 0.5) is 0 Å². The van der Waals surface area contributed by atoms with Gasteiger partial charge in [0.25, 0.3) is 0 Å². The summed E-state index contributed by atoms with van der Waals surface area (Å²) in [6, 6.07) is 0. The van der Waals surface area contributed by atoms with Gasteiger partial charge in [0.15, 0.2) is 5.78 Å². The number of allylic oxidation sites excluding steroid dienone is 4. The summed E-state index contributed by atoms with van der Waals surface area (Å²) in [7, 11) is 0. The molecular weight excluding hydrogens is 304 g/mol. The lowest BCUT2D eigenvalue weighted by Gasteiger charge is -2.60. The molecule has 5 atom stereocenters. The molecular formula is C24H36O. The molecule has 1 nitrogen and oxygen atoms in total. The summed E-state index contributed by atoms with van der Waals surface area (Å²) in [5.74, 6) is 2.99. The van der Waals surface area contributed by atoms with E-state index in [0.717, 1.165) is 30.6 Å². The first kappa shape index (κ1) is 17.6. The standard InChI is InChI=1S/C22H30O.C2H6/c1-14-4-5-17-16-13-22(10-11-22)19-12-15(23)6-8-21(19,3)18(16)7-9-20(14,17)2;1-2/h4,12,16-18H,5-11,13H2,1-3H3;1-2H3. The topological polar surface area (TPSA) is 17.1 Å². The van der Waals surface area contributed by atoms with E-state index in [0.29, 0.717) is 22.0 Å². The zero-order valence-electron chi connectivity index (χ0n) is 17.0. The number of ketones is 1. The lowest BCUT2D eigenvalue weighted by atomic mass is 9.44. The molecule has 0 N–H and O–H groups in total. The van der Waals surface area contributed by atoms with Crippen molar-refractivity contribution in [3.63, 3.8) is 0 Å². The van der Waals surface area contributed by atoms with E-state index in [-0.39, 0.29) is 0 Å². The van der Waals surface area contributed by atoms with Gasteiger partial charge in [0.1, 0.15) is 0 Å². The zero-order valence-corrected chi connectivity index (χ0v) is 17.0. The second-order valence-electron chi connectivity index (χ2n) is 9.88. The number of carbonyl (C=O) groups excluding carboxylic acids is 1. The minimum atomic E-state index is 0.325. The smallest absolute Gasteiger partial charge is 0.155 e. The van der Waals surface area contributed by atoms with Crippen LogP contribution in [0, 0.1) is 34.0 Å². The zero-order chi connectivity index (χ0) is 18.0. The maximum Gasteiger partial charge on any atom is 0.155 e. The van der Waals surface area contributed by atoms with E-state index in [9.17, 15) is 4.79 Å². The van der Waals surface area contributed by atoms with E-state index in [1.807, 2.05) is 13.8 Å². The lowest BCUT2D eigenvalue weighted by Crippen LogP contribution is -2.52. The highest BCUT2D eigenvalue weighted by molar-refractivity contribution is 5.92. The number of carbonyl (C=O) groups is 1. The molecule has 5 aliphatic carbocycles. The van der Waals surface area contributed by atoms with Crippen LogP contribution in [0.15, 0.2) is 23.3 Å². The van der Waals surface area contributed by atoms with Gasteiger partial charge in [-0.15, -0.1) is 0 Å². The maximum absolute atomic E-state index is 12.1. The summed E-state index contributed by atoms with van der Waals surface area (Å²) < 4.78 is 0. The second kappa shape index (κ2) is 5.57. The fourth-order valence-electron chi connectivity index (χ4n) is 7.39. The fourth-order valence-corrected chi connectivity index (χ4v) is 7.39. The summed E-state index contributed by atoms with van der Waals surface area (Å²) in [5.41, 5.74) is 4.48. The molecule has 1 spiro atoms. The van der Waals surface area contributed by atoms with Crippen molar-refractivity contribution in [1.29, 1.82) is 0 Å². The highest BCUT2D eigenvalue weighted by Gasteiger charge is 2.65. The van der Waals surface area contributed by atoms with Gasteiger partial charge >= 0.3 is 0 Å². The van der Waals surface area contributed by atoms with Crippen LogP contribution in [-0.2, 0) is 4.79 Å². The molecule has 0 saturated heterocycles. The average Bonchev–Trinajstić information content (AvgIpc) is 3.30. The van der Waals surface area contributed by atoms with Gasteiger partial charge in [-0.3, -0.25) is 4.79 Å². The molecule has 0 aromatic carbocycles. The normalized spacial score (nSPS) is 46.1. The van der Waals surface area contributed by atoms with Gasteiger partial charge in [0.2, 0.25) is 0 Å². The van der Waals surface area contributed by atoms with Gasteiger partial charge in [-0.05, 0) is 91.9 Å². The molecule has 1 heteroatoms. The van der Waals surface area contributed by atoms with Crippen LogP contribution in [0.5, 0.6) is 0 Å². The Morgan fingerprint density at radius 2 is 1.72 bits per heavy atom. The Hall–Kier alpha value is -0.850. The first-order valence-corrected chi connectivity index (χ1v) is 10.8. The van der Waals surface area contributed by atoms with Crippen LogP contribution in [0.1, 0.15) is 86.0 Å². The van der Waals surface area contributed by atoms with Crippen molar-refractivity contribution in [1.82, 2.24) is 0 Å². The highest BCUT2D eigenvalue weighted by atomic mass is 16.1. The van der Waals surface area contributed by atoms with Gasteiger partial charge in [-0.2, -0.15) is 0 Å². The van der Waals surface area contributed by atoms with E-state index in [1.165, 1.54) is 38.5 Å². The minimum absolute atomic E-state index is 0.325. The second-order valence-corrected chi connectivity index (χ2v) is 9.88. The third kappa shape index (κ3) is 2.23. The number of hydrogen-bond acceptors (Lipinski definition) is 1. The third-order valence-electron chi connectivity index (χ3n) is 9.09. The van der Waals surface area contributed by atoms with Crippen molar-refractivity contribution in [3.05, 3.63) is 23.3 Å². The molecule has 5 rings (SSSR count). The quantitative estimate of drug-likeness (QED) is 0.460. The van der Waals surface area contributed by atoms with Crippen LogP contribution in [0.2, 0.25) is 0 Å². The predicted molar refractivity (Wildman–Crippen MR) is 104 cm³/mol. The number of fused-ring (bicyclic) bond motifs is 6. The van der Waals surface area contributed by atoms with Gasteiger partial charge in [-0.1, -0.05) is 44.9 Å². The predicted octanol–water partition coefficient (Wildman–Crippen LogP) is 6.49. The minimum Gasteiger partial charge on any atom is -0.295 e. The van der Waals surface area contributed by atoms with Crippen molar-refractivity contribution in [3.8, 4) is 0 Å². The Morgan fingerprint density at radius 3 is 2.40 bits per heavy atom. The molecule has 0 amide bonds. The van der Waals surface area contributed by atoms with Gasteiger partial charge < -0.3 is 0 Å². The summed E-state index contributed by atoms with van der Waals surface area (Å²) in [6.45, 7) is 11.5. The van der Waals surface area contributed by atoms with Crippen LogP contribution in [0.25, 0.3) is 0 Å². The summed E-state index contributed by atoms with van der Waals surface area (Å²) in [6.07, 6.45) is 14.7. The maximum atomic E-state index is 12.1. The molecule has 0 heterocycles. The van der Waals surface area contributed by atoms with Crippen LogP contribution >= 0.6 is 0 Å². The van der Waals surface area contributed by atoms with Crippen LogP contribution < -0.4 is 0 Å². The molecule has 0 radical (unpaired) electrons. The molecule has 0 aliphatic heterocycles. The molecule has 138 valence electrons. The molecule has 0 bridgehead atoms. The fraction of sp³-hybridized carbons (Fsp3) is 0.792. The molecule has 3 saturated carbocycles. The van der Waals surface area contributed by atoms with Crippen molar-refractivity contribution in [2.24, 2.45) is 34.0 Å². The van der Waals surface area contributed by atoms with E-state index in [2.05, 4.69) is 32.9 Å². The Labute approximate surface area is 154 Å². The molecule has 0 aromatic heterocycles. The molecule has 5 unspecified atom stereocenters. The average molecular weight is 341 g/mol. The van der Waals surface area contributed by atoms with Crippen molar-refractivity contribution < 1.29 is 4.79 Å². The summed E-state index contributed by atoms with van der Waals surface area (Å²) in [5, 5.41) is 0. The van der Waals surface area contributed by atoms with Crippen LogP contribution in [-0.4, -0.2) is 5.78 Å². The molecule has 25 heavy (non-hydrogen) atoms. The van der Waals surface area contributed by atoms with Crippen molar-refractivity contribution in [2.75, 3.05) is 0 Å². The Balaban J connectivity index is 0.000000758. The summed E-state index contributed by atoms with van der Waals surface area (Å²) in [4.78, 5) is 12.1. The largest absolute Gasteiger partial charge is 0.295 e. The first-order valence-electron chi connectivity index (χ1n) is 10.8. The van der Waals surface area contributed by atoms with Gasteiger partial charge in [0.05, 0.1) is 0 Å². The SMILES string of the molecule is CC.CC1=CCC2C3CC4(CC4)C4=CC(=O)CCC4(C)C3CCC12C. The Kier molecular flexibility index (Phi) is 3.91. The van der Waals surface area contributed by atoms with E-state index in [4.69, 9.17) is 0 Å². The third-order valence-corrected chi connectivity index (χ3v) is 9.09. The summed E-state index contributed by atoms with van der Waals surface area (Å²) >= 11 is 0. The van der Waals surface area contributed by atoms with Crippen LogP contribution in [0.3, 0.4) is 0 Å². The monoisotopic (exact) mass is 340 g/mol. The van der Waals surface area contributed by atoms with Gasteiger partial charge in [-0.25, -0.2) is 0 Å². The molecule has 0 aromatic rings. The van der Waals surface area contributed by atoms with Crippen molar-refractivity contribution in [2.45, 2.75) is 86.0 Å². The van der Waals surface area contributed by atoms with E-state index < -0.39 is 0 Å². The van der Waals surface area contributed by atoms with Crippen molar-refractivity contribution >= 4 is 5.78 Å². The lowest BCUT2D eigenvalue weighted by molar-refractivity contribution is -0.118. The number of rotatable bonds is 0. The highest BCUT2D eigenvalue weighted by Crippen LogP contribution is 2.74. The molecule has 3 fully saturated rings. The Bertz CT molecular complexity index is 649. The Morgan fingerprint density at radius 1 is 1.00 bits per heavy atom. The molecule has 5 aliphatic rings. The van der Waals surface area contributed by atoms with E-state index >= 15 is 0 Å². The first-order chi connectivity index (χ1) is 11.9. The van der Waals surface area contributed by atoms with E-state index in [1.54, 1.807) is 11.1 Å².